The van der Waals surface area contributed by atoms with E-state index >= 15 is 0 Å². The Bertz CT molecular complexity index is 639. The highest BCUT2D eigenvalue weighted by molar-refractivity contribution is 5.79. The highest BCUT2D eigenvalue weighted by Crippen LogP contribution is 2.43. The standard InChI is InChI=1S/C17H23N3O3/c1-12-18-16(23-19-12)17-10-20(8-14(17)9-22-11-17)15(21)7-13-5-3-2-4-6-13/h5,14H,2-4,6-11H2,1H3/t14-,17-/m1/s1. The number of amides is 1. The Kier molecular flexibility index (Phi) is 3.71. The number of carbonyl (C=O) groups excluding carboxylic acids is 1. The molecule has 4 rings (SSSR count). The van der Waals surface area contributed by atoms with Gasteiger partial charge in [-0.2, -0.15) is 4.98 Å². The minimum Gasteiger partial charge on any atom is -0.380 e. The Labute approximate surface area is 135 Å². The number of allylic oxidation sites excluding steroid dienone is 1. The van der Waals surface area contributed by atoms with Crippen LogP contribution in [0.1, 0.15) is 43.8 Å². The lowest BCUT2D eigenvalue weighted by Gasteiger charge is -2.23. The molecule has 23 heavy (non-hydrogen) atoms. The molecule has 2 aliphatic heterocycles. The minimum absolute atomic E-state index is 0.225. The first-order chi connectivity index (χ1) is 11.2. The van der Waals surface area contributed by atoms with Crippen LogP contribution in [-0.4, -0.2) is 47.3 Å². The zero-order valence-corrected chi connectivity index (χ0v) is 13.6. The van der Waals surface area contributed by atoms with E-state index in [2.05, 4.69) is 16.2 Å². The number of hydrogen-bond donors (Lipinski definition) is 0. The summed E-state index contributed by atoms with van der Waals surface area (Å²) >= 11 is 0. The van der Waals surface area contributed by atoms with Crippen molar-refractivity contribution >= 4 is 5.91 Å². The first-order valence-electron chi connectivity index (χ1n) is 8.51. The molecule has 0 unspecified atom stereocenters. The number of carbonyl (C=O) groups is 1. The van der Waals surface area contributed by atoms with Crippen LogP contribution in [0.2, 0.25) is 0 Å². The van der Waals surface area contributed by atoms with Crippen molar-refractivity contribution in [3.63, 3.8) is 0 Å². The summed E-state index contributed by atoms with van der Waals surface area (Å²) in [6.07, 6.45) is 7.46. The van der Waals surface area contributed by atoms with Gasteiger partial charge < -0.3 is 14.2 Å². The maximum atomic E-state index is 12.7. The van der Waals surface area contributed by atoms with E-state index in [0.29, 0.717) is 37.9 Å². The van der Waals surface area contributed by atoms with Gasteiger partial charge in [-0.25, -0.2) is 0 Å². The largest absolute Gasteiger partial charge is 0.380 e. The predicted octanol–water partition coefficient (Wildman–Crippen LogP) is 1.99. The van der Waals surface area contributed by atoms with Crippen molar-refractivity contribution in [3.8, 4) is 0 Å². The SMILES string of the molecule is Cc1noc([C@]23COC[C@H]2CN(C(=O)CC2=CCCCC2)C3)n1. The molecule has 124 valence electrons. The van der Waals surface area contributed by atoms with Gasteiger partial charge in [0, 0.05) is 25.4 Å². The smallest absolute Gasteiger partial charge is 0.237 e. The van der Waals surface area contributed by atoms with Crippen LogP contribution >= 0.6 is 0 Å². The number of likely N-dealkylation sites (tertiary alicyclic amines) is 1. The van der Waals surface area contributed by atoms with Gasteiger partial charge in [-0.05, 0) is 32.6 Å². The van der Waals surface area contributed by atoms with Crippen molar-refractivity contribution in [1.29, 1.82) is 0 Å². The molecule has 0 saturated carbocycles. The Morgan fingerprint density at radius 2 is 2.39 bits per heavy atom. The zero-order chi connectivity index (χ0) is 15.9. The number of aryl methyl sites for hydroxylation is 1. The number of rotatable bonds is 3. The van der Waals surface area contributed by atoms with Crippen LogP contribution in [0.5, 0.6) is 0 Å². The van der Waals surface area contributed by atoms with E-state index in [-0.39, 0.29) is 17.2 Å². The molecule has 3 heterocycles. The van der Waals surface area contributed by atoms with E-state index in [1.807, 2.05) is 11.8 Å². The van der Waals surface area contributed by atoms with Crippen molar-refractivity contribution in [3.05, 3.63) is 23.4 Å². The molecule has 1 aliphatic carbocycles. The van der Waals surface area contributed by atoms with Gasteiger partial charge in [0.1, 0.15) is 0 Å². The van der Waals surface area contributed by atoms with Crippen LogP contribution in [0, 0.1) is 12.8 Å². The summed E-state index contributed by atoms with van der Waals surface area (Å²) in [5.41, 5.74) is 0.995. The molecule has 0 bridgehead atoms. The van der Waals surface area contributed by atoms with Crippen LogP contribution in [0.25, 0.3) is 0 Å². The average molecular weight is 317 g/mol. The lowest BCUT2D eigenvalue weighted by atomic mass is 9.81. The molecule has 0 radical (unpaired) electrons. The molecule has 0 N–H and O–H groups in total. The van der Waals surface area contributed by atoms with Crippen molar-refractivity contribution < 1.29 is 14.1 Å². The molecule has 0 aromatic carbocycles. The number of fused-ring (bicyclic) bond motifs is 1. The maximum absolute atomic E-state index is 12.7. The molecule has 3 aliphatic rings. The number of ether oxygens (including phenoxy) is 1. The first kappa shape index (κ1) is 14.9. The Balaban J connectivity index is 1.50. The topological polar surface area (TPSA) is 68.5 Å². The van der Waals surface area contributed by atoms with Crippen LogP contribution in [0.15, 0.2) is 16.2 Å². The quantitative estimate of drug-likeness (QED) is 0.798. The summed E-state index contributed by atoms with van der Waals surface area (Å²) in [5, 5.41) is 3.93. The molecule has 0 spiro atoms. The average Bonchev–Trinajstić information content (AvgIpc) is 3.21. The van der Waals surface area contributed by atoms with Gasteiger partial charge in [-0.3, -0.25) is 4.79 Å². The normalized spacial score (nSPS) is 30.4. The van der Waals surface area contributed by atoms with Crippen LogP contribution in [0.3, 0.4) is 0 Å². The lowest BCUT2D eigenvalue weighted by molar-refractivity contribution is -0.130. The van der Waals surface area contributed by atoms with E-state index in [1.54, 1.807) is 0 Å². The second-order valence-corrected chi connectivity index (χ2v) is 7.07. The molecule has 2 atom stereocenters. The fourth-order valence-corrected chi connectivity index (χ4v) is 4.10. The molecule has 1 aromatic rings. The van der Waals surface area contributed by atoms with Crippen molar-refractivity contribution in [2.45, 2.75) is 44.4 Å². The third-order valence-electron chi connectivity index (χ3n) is 5.44. The van der Waals surface area contributed by atoms with Gasteiger partial charge in [-0.15, -0.1) is 0 Å². The molecule has 1 amide bonds. The van der Waals surface area contributed by atoms with Gasteiger partial charge in [0.2, 0.25) is 11.8 Å². The van der Waals surface area contributed by atoms with E-state index in [4.69, 9.17) is 9.26 Å². The summed E-state index contributed by atoms with van der Waals surface area (Å²) < 4.78 is 11.1. The van der Waals surface area contributed by atoms with E-state index in [1.165, 1.54) is 18.4 Å². The summed E-state index contributed by atoms with van der Waals surface area (Å²) in [5.74, 6) is 1.75. The first-order valence-corrected chi connectivity index (χ1v) is 8.51. The second kappa shape index (κ2) is 5.74. The molecule has 1 aromatic heterocycles. The van der Waals surface area contributed by atoms with Gasteiger partial charge in [0.05, 0.1) is 18.6 Å². The van der Waals surface area contributed by atoms with Gasteiger partial charge in [0.15, 0.2) is 5.82 Å². The third-order valence-corrected chi connectivity index (χ3v) is 5.44. The van der Waals surface area contributed by atoms with Crippen molar-refractivity contribution in [2.24, 2.45) is 5.92 Å². The maximum Gasteiger partial charge on any atom is 0.237 e. The Morgan fingerprint density at radius 3 is 3.13 bits per heavy atom. The molecule has 6 heteroatoms. The monoisotopic (exact) mass is 317 g/mol. The second-order valence-electron chi connectivity index (χ2n) is 7.07. The van der Waals surface area contributed by atoms with Gasteiger partial charge >= 0.3 is 0 Å². The fourth-order valence-electron chi connectivity index (χ4n) is 4.10. The van der Waals surface area contributed by atoms with Crippen molar-refractivity contribution in [2.75, 3.05) is 26.3 Å². The Hall–Kier alpha value is -1.69. The van der Waals surface area contributed by atoms with E-state index in [0.717, 1.165) is 19.4 Å². The molecular weight excluding hydrogens is 294 g/mol. The molecule has 2 fully saturated rings. The van der Waals surface area contributed by atoms with Crippen LogP contribution in [0.4, 0.5) is 0 Å². The highest BCUT2D eigenvalue weighted by Gasteiger charge is 2.56. The van der Waals surface area contributed by atoms with Crippen molar-refractivity contribution in [1.82, 2.24) is 15.0 Å². The summed E-state index contributed by atoms with van der Waals surface area (Å²) in [6, 6.07) is 0. The summed E-state index contributed by atoms with van der Waals surface area (Å²) in [6.45, 7) is 4.40. The third kappa shape index (κ3) is 2.59. The molecule has 2 saturated heterocycles. The fraction of sp³-hybridized carbons (Fsp3) is 0.706. The summed E-state index contributed by atoms with van der Waals surface area (Å²) in [4.78, 5) is 19.1. The van der Waals surface area contributed by atoms with E-state index < -0.39 is 0 Å². The summed E-state index contributed by atoms with van der Waals surface area (Å²) in [7, 11) is 0. The molecular formula is C17H23N3O3. The van der Waals surface area contributed by atoms with Gasteiger partial charge in [-0.1, -0.05) is 16.8 Å². The number of nitrogens with zero attached hydrogens (tertiary/aromatic N) is 3. The van der Waals surface area contributed by atoms with Gasteiger partial charge in [0.25, 0.3) is 0 Å². The predicted molar refractivity (Wildman–Crippen MR) is 82.8 cm³/mol. The number of aromatic nitrogens is 2. The van der Waals surface area contributed by atoms with Crippen LogP contribution < -0.4 is 0 Å². The highest BCUT2D eigenvalue weighted by atomic mass is 16.5. The zero-order valence-electron chi connectivity index (χ0n) is 13.6. The minimum atomic E-state index is -0.308. The Morgan fingerprint density at radius 1 is 1.48 bits per heavy atom. The van der Waals surface area contributed by atoms with E-state index in [9.17, 15) is 4.79 Å². The lowest BCUT2D eigenvalue weighted by Crippen LogP contribution is -2.37. The van der Waals surface area contributed by atoms with Crippen LogP contribution in [-0.2, 0) is 14.9 Å². The number of hydrogen-bond acceptors (Lipinski definition) is 5. The molecule has 6 nitrogen and oxygen atoms in total.